The summed E-state index contributed by atoms with van der Waals surface area (Å²) >= 11 is 0. The highest BCUT2D eigenvalue weighted by atomic mass is 16.3. The zero-order valence-corrected chi connectivity index (χ0v) is 17.2. The van der Waals surface area contributed by atoms with Crippen LogP contribution in [0.1, 0.15) is 89.7 Å². The van der Waals surface area contributed by atoms with Crippen molar-refractivity contribution in [3.05, 3.63) is 35.9 Å². The molecular formula is C23H42NO+. The van der Waals surface area contributed by atoms with Gasteiger partial charge in [0.15, 0.2) is 0 Å². The van der Waals surface area contributed by atoms with Crippen molar-refractivity contribution in [3.63, 3.8) is 0 Å². The van der Waals surface area contributed by atoms with Gasteiger partial charge in [-0.05, 0) is 25.3 Å². The number of nitrogens with zero attached hydrogens (tertiary/aromatic N) is 1. The Kier molecular flexibility index (Phi) is 11.1. The molecule has 2 nitrogen and oxygen atoms in total. The molecule has 0 aliphatic carbocycles. The van der Waals surface area contributed by atoms with Gasteiger partial charge in [-0.15, -0.1) is 0 Å². The van der Waals surface area contributed by atoms with E-state index in [1.807, 2.05) is 30.3 Å². The van der Waals surface area contributed by atoms with Crippen LogP contribution in [-0.4, -0.2) is 36.3 Å². The van der Waals surface area contributed by atoms with Gasteiger partial charge in [0, 0.05) is 0 Å². The van der Waals surface area contributed by atoms with E-state index in [9.17, 15) is 5.11 Å². The SMILES string of the molecule is CCCCCCCCCCCC[N+](C)(C)[C@H](C)[C@@H](O)c1ccccc1. The van der Waals surface area contributed by atoms with Crippen molar-refractivity contribution in [2.45, 2.75) is 90.2 Å². The average molecular weight is 349 g/mol. The Balaban J connectivity index is 2.18. The molecule has 0 amide bonds. The van der Waals surface area contributed by atoms with Crippen molar-refractivity contribution < 1.29 is 9.59 Å². The third-order valence-corrected chi connectivity index (χ3v) is 5.79. The van der Waals surface area contributed by atoms with E-state index in [-0.39, 0.29) is 12.1 Å². The normalized spacial score (nSPS) is 14.4. The zero-order valence-electron chi connectivity index (χ0n) is 17.2. The summed E-state index contributed by atoms with van der Waals surface area (Å²) in [4.78, 5) is 0. The molecule has 2 atom stereocenters. The maximum absolute atomic E-state index is 10.7. The van der Waals surface area contributed by atoms with Gasteiger partial charge in [-0.2, -0.15) is 0 Å². The molecule has 25 heavy (non-hydrogen) atoms. The minimum Gasteiger partial charge on any atom is -0.382 e. The van der Waals surface area contributed by atoms with Crippen LogP contribution < -0.4 is 0 Å². The lowest BCUT2D eigenvalue weighted by atomic mass is 10.0. The molecule has 0 fully saturated rings. The van der Waals surface area contributed by atoms with Gasteiger partial charge in [-0.1, -0.05) is 88.6 Å². The molecule has 0 spiro atoms. The number of quaternary nitrogens is 1. The van der Waals surface area contributed by atoms with Gasteiger partial charge in [0.05, 0.1) is 20.6 Å². The molecule has 0 aliphatic rings. The number of hydrogen-bond acceptors (Lipinski definition) is 1. The Hall–Kier alpha value is -0.860. The smallest absolute Gasteiger partial charge is 0.130 e. The van der Waals surface area contributed by atoms with E-state index in [0.29, 0.717) is 0 Å². The van der Waals surface area contributed by atoms with Gasteiger partial charge in [-0.3, -0.25) is 0 Å². The Bertz CT molecular complexity index is 429. The van der Waals surface area contributed by atoms with Crippen LogP contribution in [0.15, 0.2) is 30.3 Å². The summed E-state index contributed by atoms with van der Waals surface area (Å²) in [5.41, 5.74) is 1.03. The second-order valence-corrected chi connectivity index (χ2v) is 8.28. The molecule has 1 N–H and O–H groups in total. The number of aliphatic hydroxyl groups excluding tert-OH is 1. The highest BCUT2D eigenvalue weighted by Gasteiger charge is 2.30. The Morgan fingerprint density at radius 1 is 0.800 bits per heavy atom. The Labute approximate surface area is 156 Å². The fraction of sp³-hybridized carbons (Fsp3) is 0.739. The Morgan fingerprint density at radius 3 is 1.80 bits per heavy atom. The molecule has 2 heteroatoms. The maximum atomic E-state index is 10.7. The van der Waals surface area contributed by atoms with Crippen molar-refractivity contribution in [1.29, 1.82) is 0 Å². The molecule has 0 unspecified atom stereocenters. The lowest BCUT2D eigenvalue weighted by molar-refractivity contribution is -0.917. The zero-order chi connectivity index (χ0) is 18.5. The second kappa shape index (κ2) is 12.5. The van der Waals surface area contributed by atoms with Crippen LogP contribution in [0.3, 0.4) is 0 Å². The van der Waals surface area contributed by atoms with Gasteiger partial charge in [0.2, 0.25) is 0 Å². The lowest BCUT2D eigenvalue weighted by Gasteiger charge is -2.38. The van der Waals surface area contributed by atoms with Crippen LogP contribution in [0.4, 0.5) is 0 Å². The van der Waals surface area contributed by atoms with Crippen molar-refractivity contribution in [1.82, 2.24) is 0 Å². The quantitative estimate of drug-likeness (QED) is 0.318. The summed E-state index contributed by atoms with van der Waals surface area (Å²) in [5.74, 6) is 0. The maximum Gasteiger partial charge on any atom is 0.130 e. The van der Waals surface area contributed by atoms with Gasteiger partial charge < -0.3 is 9.59 Å². The monoisotopic (exact) mass is 348 g/mol. The van der Waals surface area contributed by atoms with Crippen molar-refractivity contribution in [3.8, 4) is 0 Å². The highest BCUT2D eigenvalue weighted by Crippen LogP contribution is 2.24. The van der Waals surface area contributed by atoms with Crippen LogP contribution in [-0.2, 0) is 0 Å². The topological polar surface area (TPSA) is 20.2 Å². The van der Waals surface area contributed by atoms with Crippen molar-refractivity contribution in [2.75, 3.05) is 20.6 Å². The first-order valence-electron chi connectivity index (χ1n) is 10.5. The van der Waals surface area contributed by atoms with Gasteiger partial charge in [0.25, 0.3) is 0 Å². The largest absolute Gasteiger partial charge is 0.382 e. The summed E-state index contributed by atoms with van der Waals surface area (Å²) in [6.45, 7) is 5.59. The molecule has 1 aromatic rings. The van der Waals surface area contributed by atoms with E-state index in [4.69, 9.17) is 0 Å². The van der Waals surface area contributed by atoms with E-state index < -0.39 is 0 Å². The van der Waals surface area contributed by atoms with E-state index in [2.05, 4.69) is 27.9 Å². The number of aliphatic hydroxyl groups is 1. The summed E-state index contributed by atoms with van der Waals surface area (Å²) in [7, 11) is 4.51. The first-order valence-corrected chi connectivity index (χ1v) is 10.5. The second-order valence-electron chi connectivity index (χ2n) is 8.28. The van der Waals surface area contributed by atoms with Crippen LogP contribution >= 0.6 is 0 Å². The molecule has 1 aromatic carbocycles. The molecule has 1 rings (SSSR count). The molecule has 144 valence electrons. The lowest BCUT2D eigenvalue weighted by Crippen LogP contribution is -2.50. The third-order valence-electron chi connectivity index (χ3n) is 5.79. The van der Waals surface area contributed by atoms with Crippen LogP contribution in [0.5, 0.6) is 0 Å². The predicted molar refractivity (Wildman–Crippen MR) is 110 cm³/mol. The molecular weight excluding hydrogens is 306 g/mol. The minimum atomic E-state index is -0.390. The summed E-state index contributed by atoms with van der Waals surface area (Å²) in [6.07, 6.45) is 13.4. The van der Waals surface area contributed by atoms with E-state index in [1.54, 1.807) is 0 Å². The van der Waals surface area contributed by atoms with Crippen molar-refractivity contribution in [2.24, 2.45) is 0 Å². The number of hydrogen-bond donors (Lipinski definition) is 1. The molecule has 0 aromatic heterocycles. The van der Waals surface area contributed by atoms with Gasteiger partial charge >= 0.3 is 0 Å². The minimum absolute atomic E-state index is 0.209. The molecule has 0 radical (unpaired) electrons. The fourth-order valence-corrected chi connectivity index (χ4v) is 3.52. The predicted octanol–water partition coefficient (Wildman–Crippen LogP) is 6.11. The number of likely N-dealkylation sites (N-methyl/N-ethyl adjacent to an activating group) is 1. The Morgan fingerprint density at radius 2 is 1.28 bits per heavy atom. The molecule has 0 aliphatic heterocycles. The number of benzene rings is 1. The number of rotatable bonds is 14. The molecule has 0 saturated heterocycles. The number of unbranched alkanes of at least 4 members (excludes halogenated alkanes) is 9. The van der Waals surface area contributed by atoms with Crippen LogP contribution in [0.25, 0.3) is 0 Å². The molecule has 0 saturated carbocycles. The fourth-order valence-electron chi connectivity index (χ4n) is 3.52. The standard InChI is InChI=1S/C23H42NO/c1-5-6-7-8-9-10-11-12-13-17-20-24(3,4)21(2)23(25)22-18-15-14-16-19-22/h14-16,18-19,21,23,25H,5-13,17,20H2,1-4H3/q+1/t21-,23-/m1/s1. The van der Waals surface area contributed by atoms with E-state index in [1.165, 1.54) is 64.2 Å². The van der Waals surface area contributed by atoms with Crippen LogP contribution in [0, 0.1) is 0 Å². The van der Waals surface area contributed by atoms with Crippen LogP contribution in [0.2, 0.25) is 0 Å². The van der Waals surface area contributed by atoms with Gasteiger partial charge in [0.1, 0.15) is 12.1 Å². The summed E-state index contributed by atoms with van der Waals surface area (Å²) < 4.78 is 0.882. The molecule has 0 bridgehead atoms. The van der Waals surface area contributed by atoms with Crippen molar-refractivity contribution >= 4 is 0 Å². The summed E-state index contributed by atoms with van der Waals surface area (Å²) in [5, 5.41) is 10.7. The highest BCUT2D eigenvalue weighted by molar-refractivity contribution is 5.18. The first kappa shape index (κ1) is 22.2. The van der Waals surface area contributed by atoms with E-state index >= 15 is 0 Å². The van der Waals surface area contributed by atoms with Gasteiger partial charge in [-0.25, -0.2) is 0 Å². The average Bonchev–Trinajstić information content (AvgIpc) is 2.62. The third kappa shape index (κ3) is 8.87. The molecule has 0 heterocycles. The van der Waals surface area contributed by atoms with E-state index in [0.717, 1.165) is 16.6 Å². The first-order chi connectivity index (χ1) is 12.0. The summed E-state index contributed by atoms with van der Waals surface area (Å²) in [6, 6.07) is 10.3.